The van der Waals surface area contributed by atoms with Gasteiger partial charge >= 0.3 is 0 Å². The van der Waals surface area contributed by atoms with Crippen LogP contribution in [0.2, 0.25) is 0 Å². The second kappa shape index (κ2) is 5.26. The highest BCUT2D eigenvalue weighted by Gasteiger charge is 2.61. The lowest BCUT2D eigenvalue weighted by Crippen LogP contribution is -2.25. The van der Waals surface area contributed by atoms with Crippen molar-refractivity contribution in [2.24, 2.45) is 11.3 Å². The van der Waals surface area contributed by atoms with Crippen molar-refractivity contribution in [2.45, 2.75) is 12.8 Å². The molecular weight excluding hydrogens is 297 g/mol. The van der Waals surface area contributed by atoms with E-state index in [0.717, 1.165) is 31.6 Å². The number of pyridine rings is 1. The summed E-state index contributed by atoms with van der Waals surface area (Å²) >= 11 is 0. The normalized spacial score (nSPS) is 25.6. The SMILES string of the molecule is O=C(Nc1cccnc1)[C@H]1C[C@]12CCN(c1ncc(F)cn1)C2. The van der Waals surface area contributed by atoms with Gasteiger partial charge in [-0.05, 0) is 25.0 Å². The molecular formula is C16H16FN5O. The van der Waals surface area contributed by atoms with Gasteiger partial charge in [0.05, 0.1) is 24.3 Å². The van der Waals surface area contributed by atoms with Crippen LogP contribution in [-0.4, -0.2) is 33.9 Å². The highest BCUT2D eigenvalue weighted by Crippen LogP contribution is 2.59. The highest BCUT2D eigenvalue weighted by atomic mass is 19.1. The van der Waals surface area contributed by atoms with Crippen molar-refractivity contribution in [3.05, 3.63) is 42.7 Å². The van der Waals surface area contributed by atoms with Gasteiger partial charge in [0.1, 0.15) is 0 Å². The van der Waals surface area contributed by atoms with E-state index in [1.807, 2.05) is 11.0 Å². The van der Waals surface area contributed by atoms with Crippen LogP contribution in [0.15, 0.2) is 36.9 Å². The van der Waals surface area contributed by atoms with E-state index < -0.39 is 5.82 Å². The summed E-state index contributed by atoms with van der Waals surface area (Å²) in [4.78, 5) is 26.4. The summed E-state index contributed by atoms with van der Waals surface area (Å²) in [6.45, 7) is 1.53. The quantitative estimate of drug-likeness (QED) is 0.936. The fourth-order valence-corrected chi connectivity index (χ4v) is 3.37. The first-order valence-corrected chi connectivity index (χ1v) is 7.60. The van der Waals surface area contributed by atoms with Gasteiger partial charge < -0.3 is 10.2 Å². The second-order valence-electron chi connectivity index (χ2n) is 6.22. The molecule has 1 N–H and O–H groups in total. The van der Waals surface area contributed by atoms with Crippen LogP contribution < -0.4 is 10.2 Å². The fourth-order valence-electron chi connectivity index (χ4n) is 3.37. The van der Waals surface area contributed by atoms with Gasteiger partial charge in [-0.3, -0.25) is 9.78 Å². The van der Waals surface area contributed by atoms with E-state index in [2.05, 4.69) is 20.3 Å². The smallest absolute Gasteiger partial charge is 0.228 e. The van der Waals surface area contributed by atoms with Crippen LogP contribution in [0.1, 0.15) is 12.8 Å². The zero-order valence-corrected chi connectivity index (χ0v) is 12.4. The van der Waals surface area contributed by atoms with Gasteiger partial charge in [-0.15, -0.1) is 0 Å². The molecule has 1 saturated heterocycles. The summed E-state index contributed by atoms with van der Waals surface area (Å²) in [5, 5.41) is 2.92. The van der Waals surface area contributed by atoms with Crippen LogP contribution in [-0.2, 0) is 4.79 Å². The Morgan fingerprint density at radius 2 is 2.17 bits per heavy atom. The molecule has 0 aromatic carbocycles. The Balaban J connectivity index is 1.40. The molecule has 7 heteroatoms. The Kier molecular flexibility index (Phi) is 3.21. The summed E-state index contributed by atoms with van der Waals surface area (Å²) in [5.41, 5.74) is 0.723. The summed E-state index contributed by atoms with van der Waals surface area (Å²) in [5.74, 6) is 0.137. The number of nitrogens with zero attached hydrogens (tertiary/aromatic N) is 4. The molecule has 2 aromatic rings. The molecule has 1 aliphatic heterocycles. The van der Waals surface area contributed by atoms with Crippen molar-refractivity contribution in [3.63, 3.8) is 0 Å². The molecule has 2 fully saturated rings. The number of carbonyl (C=O) groups is 1. The van der Waals surface area contributed by atoms with Crippen molar-refractivity contribution in [1.29, 1.82) is 0 Å². The van der Waals surface area contributed by atoms with Crippen LogP contribution in [0, 0.1) is 17.2 Å². The molecule has 23 heavy (non-hydrogen) atoms. The molecule has 2 aromatic heterocycles. The zero-order chi connectivity index (χ0) is 15.9. The second-order valence-corrected chi connectivity index (χ2v) is 6.22. The molecule has 4 rings (SSSR count). The maximum atomic E-state index is 12.9. The van der Waals surface area contributed by atoms with Gasteiger partial charge in [-0.25, -0.2) is 14.4 Å². The molecule has 118 valence electrons. The number of hydrogen-bond acceptors (Lipinski definition) is 5. The average Bonchev–Trinajstić information content (AvgIpc) is 3.10. The average molecular weight is 313 g/mol. The number of halogens is 1. The maximum absolute atomic E-state index is 12.9. The molecule has 1 aliphatic carbocycles. The van der Waals surface area contributed by atoms with Gasteiger partial charge in [-0.1, -0.05) is 0 Å². The Morgan fingerprint density at radius 3 is 2.91 bits per heavy atom. The molecule has 0 bridgehead atoms. The van der Waals surface area contributed by atoms with Crippen molar-refractivity contribution >= 4 is 17.5 Å². The monoisotopic (exact) mass is 313 g/mol. The van der Waals surface area contributed by atoms with E-state index in [9.17, 15) is 9.18 Å². The number of amides is 1. The van der Waals surface area contributed by atoms with Crippen LogP contribution in [0.25, 0.3) is 0 Å². The zero-order valence-electron chi connectivity index (χ0n) is 12.4. The topological polar surface area (TPSA) is 71.0 Å². The number of aromatic nitrogens is 3. The van der Waals surface area contributed by atoms with Gasteiger partial charge in [-0.2, -0.15) is 0 Å². The Bertz CT molecular complexity index is 723. The minimum Gasteiger partial charge on any atom is -0.340 e. The Labute approximate surface area is 132 Å². The van der Waals surface area contributed by atoms with Crippen LogP contribution in [0.4, 0.5) is 16.0 Å². The summed E-state index contributed by atoms with van der Waals surface area (Å²) < 4.78 is 12.9. The molecule has 1 amide bonds. The van der Waals surface area contributed by atoms with Gasteiger partial charge in [0.25, 0.3) is 0 Å². The maximum Gasteiger partial charge on any atom is 0.228 e. The summed E-state index contributed by atoms with van der Waals surface area (Å²) in [6.07, 6.45) is 7.46. The third-order valence-electron chi connectivity index (χ3n) is 4.71. The highest BCUT2D eigenvalue weighted by molar-refractivity contribution is 5.95. The Morgan fingerprint density at radius 1 is 1.35 bits per heavy atom. The summed E-state index contributed by atoms with van der Waals surface area (Å²) in [7, 11) is 0. The molecule has 1 spiro atoms. The Hall–Kier alpha value is -2.57. The first-order chi connectivity index (χ1) is 11.2. The number of anilines is 2. The van der Waals surface area contributed by atoms with Crippen molar-refractivity contribution in [1.82, 2.24) is 15.0 Å². The molecule has 0 radical (unpaired) electrons. The standard InChI is InChI=1S/C16H16FN5O/c17-11-7-19-15(20-8-11)22-5-3-16(10-22)6-13(16)14(23)21-12-2-1-4-18-9-12/h1-2,4,7-9,13H,3,5-6,10H2,(H,21,23)/t13-,16+/m1/s1. The predicted octanol–water partition coefficient (Wildman–Crippen LogP) is 1.87. The lowest BCUT2D eigenvalue weighted by atomic mass is 10.0. The molecule has 3 heterocycles. The fraction of sp³-hybridized carbons (Fsp3) is 0.375. The third kappa shape index (κ3) is 2.62. The van der Waals surface area contributed by atoms with Crippen LogP contribution >= 0.6 is 0 Å². The largest absolute Gasteiger partial charge is 0.340 e. The molecule has 1 saturated carbocycles. The van der Waals surface area contributed by atoms with E-state index in [1.165, 1.54) is 12.4 Å². The first kappa shape index (κ1) is 14.0. The van der Waals surface area contributed by atoms with E-state index in [4.69, 9.17) is 0 Å². The molecule has 6 nitrogen and oxygen atoms in total. The van der Waals surface area contributed by atoms with Crippen molar-refractivity contribution in [2.75, 3.05) is 23.3 Å². The van der Waals surface area contributed by atoms with E-state index in [0.29, 0.717) is 5.95 Å². The van der Waals surface area contributed by atoms with E-state index >= 15 is 0 Å². The number of rotatable bonds is 3. The minimum absolute atomic E-state index is 0.00401. The van der Waals surface area contributed by atoms with Crippen molar-refractivity contribution < 1.29 is 9.18 Å². The molecule has 2 atom stereocenters. The molecule has 2 aliphatic rings. The van der Waals surface area contributed by atoms with Gasteiger partial charge in [0.2, 0.25) is 11.9 Å². The number of hydrogen-bond donors (Lipinski definition) is 1. The van der Waals surface area contributed by atoms with Gasteiger partial charge in [0.15, 0.2) is 5.82 Å². The first-order valence-electron chi connectivity index (χ1n) is 7.60. The van der Waals surface area contributed by atoms with Gasteiger partial charge in [0, 0.05) is 30.6 Å². The van der Waals surface area contributed by atoms with Crippen LogP contribution in [0.3, 0.4) is 0 Å². The minimum atomic E-state index is -0.442. The lowest BCUT2D eigenvalue weighted by molar-refractivity contribution is -0.118. The molecule has 0 unspecified atom stereocenters. The third-order valence-corrected chi connectivity index (χ3v) is 4.71. The predicted molar refractivity (Wildman–Crippen MR) is 82.2 cm³/mol. The number of carbonyl (C=O) groups excluding carboxylic acids is 1. The number of nitrogens with one attached hydrogen (secondary N) is 1. The van der Waals surface area contributed by atoms with Crippen LogP contribution in [0.5, 0.6) is 0 Å². The van der Waals surface area contributed by atoms with E-state index in [-0.39, 0.29) is 17.2 Å². The van der Waals surface area contributed by atoms with Crippen molar-refractivity contribution in [3.8, 4) is 0 Å². The lowest BCUT2D eigenvalue weighted by Gasteiger charge is -2.16. The van der Waals surface area contributed by atoms with E-state index in [1.54, 1.807) is 18.5 Å². The summed E-state index contributed by atoms with van der Waals surface area (Å²) in [6, 6.07) is 3.62.